The summed E-state index contributed by atoms with van der Waals surface area (Å²) in [6.07, 6.45) is -3.80. The average Bonchev–Trinajstić information content (AvgIpc) is 3.13. The maximum atomic E-state index is 12.8. The molecule has 1 unspecified atom stereocenters. The zero-order valence-corrected chi connectivity index (χ0v) is 13.1. The van der Waals surface area contributed by atoms with E-state index < -0.39 is 23.9 Å². The molecule has 1 aliphatic rings. The van der Waals surface area contributed by atoms with Crippen molar-refractivity contribution >= 4 is 11.6 Å². The Morgan fingerprint density at radius 1 is 1.29 bits per heavy atom. The van der Waals surface area contributed by atoms with Crippen molar-refractivity contribution in [1.82, 2.24) is 9.78 Å². The van der Waals surface area contributed by atoms with E-state index in [-0.39, 0.29) is 18.3 Å². The molecule has 8 heteroatoms. The largest absolute Gasteiger partial charge is 0.416 e. The number of aromatic nitrogens is 2. The molecule has 1 atom stereocenters. The molecule has 0 N–H and O–H groups in total. The Morgan fingerprint density at radius 3 is 2.67 bits per heavy atom. The van der Waals surface area contributed by atoms with Gasteiger partial charge in [-0.3, -0.25) is 9.69 Å². The van der Waals surface area contributed by atoms with Crippen LogP contribution in [0, 0.1) is 0 Å². The van der Waals surface area contributed by atoms with Gasteiger partial charge in [0.2, 0.25) is 6.23 Å². The molecule has 0 bridgehead atoms. The smallest absolute Gasteiger partial charge is 0.327 e. The molecule has 2 heterocycles. The van der Waals surface area contributed by atoms with Crippen LogP contribution in [0.15, 0.2) is 36.5 Å². The summed E-state index contributed by atoms with van der Waals surface area (Å²) in [6, 6.07) is 6.40. The number of ether oxygens (including phenoxy) is 1. The number of alkyl halides is 3. The Labute approximate surface area is 136 Å². The van der Waals surface area contributed by atoms with Crippen LogP contribution >= 0.6 is 0 Å². The summed E-state index contributed by atoms with van der Waals surface area (Å²) in [5.74, 6) is -0.255. The van der Waals surface area contributed by atoms with Gasteiger partial charge in [-0.25, -0.2) is 4.68 Å². The van der Waals surface area contributed by atoms with Crippen molar-refractivity contribution in [2.45, 2.75) is 32.2 Å². The second-order valence-electron chi connectivity index (χ2n) is 5.84. The molecule has 0 aliphatic carbocycles. The number of halogens is 3. The van der Waals surface area contributed by atoms with E-state index >= 15 is 0 Å². The van der Waals surface area contributed by atoms with Gasteiger partial charge >= 0.3 is 6.18 Å². The number of anilines is 1. The van der Waals surface area contributed by atoms with Crippen molar-refractivity contribution in [2.24, 2.45) is 0 Å². The number of hydrogen-bond acceptors (Lipinski definition) is 3. The monoisotopic (exact) mass is 339 g/mol. The third-order valence-electron chi connectivity index (χ3n) is 3.78. The Morgan fingerprint density at radius 2 is 2.04 bits per heavy atom. The molecule has 128 valence electrons. The van der Waals surface area contributed by atoms with Gasteiger partial charge in [0.15, 0.2) is 0 Å². The van der Waals surface area contributed by atoms with E-state index in [0.717, 1.165) is 17.8 Å². The highest BCUT2D eigenvalue weighted by molar-refractivity contribution is 5.96. The summed E-state index contributed by atoms with van der Waals surface area (Å²) in [6.45, 7) is 3.82. The normalized spacial score (nSPS) is 18.7. The lowest BCUT2D eigenvalue weighted by Gasteiger charge is -2.16. The van der Waals surface area contributed by atoms with E-state index in [1.165, 1.54) is 21.7 Å². The molecule has 1 fully saturated rings. The number of benzene rings is 1. The summed E-state index contributed by atoms with van der Waals surface area (Å²) >= 11 is 0. The van der Waals surface area contributed by atoms with E-state index in [0.29, 0.717) is 0 Å². The molecule has 0 spiro atoms. The van der Waals surface area contributed by atoms with Crippen LogP contribution in [0.3, 0.4) is 0 Å². The van der Waals surface area contributed by atoms with Gasteiger partial charge in [-0.15, -0.1) is 0 Å². The molecule has 1 saturated heterocycles. The van der Waals surface area contributed by atoms with Crippen molar-refractivity contribution in [3.8, 4) is 0 Å². The van der Waals surface area contributed by atoms with Gasteiger partial charge in [0.1, 0.15) is 6.73 Å². The van der Waals surface area contributed by atoms with Crippen molar-refractivity contribution in [1.29, 1.82) is 0 Å². The lowest BCUT2D eigenvalue weighted by molar-refractivity contribution is -0.137. The molecular formula is C16H16F3N3O2. The Kier molecular flexibility index (Phi) is 4.08. The van der Waals surface area contributed by atoms with Gasteiger partial charge in [0.25, 0.3) is 5.91 Å². The van der Waals surface area contributed by atoms with Gasteiger partial charge in [0.05, 0.1) is 11.3 Å². The van der Waals surface area contributed by atoms with Gasteiger partial charge in [-0.1, -0.05) is 19.9 Å². The van der Waals surface area contributed by atoms with Crippen molar-refractivity contribution in [3.63, 3.8) is 0 Å². The van der Waals surface area contributed by atoms with Crippen LogP contribution < -0.4 is 4.90 Å². The molecule has 0 radical (unpaired) electrons. The van der Waals surface area contributed by atoms with Crippen molar-refractivity contribution in [3.05, 3.63) is 47.8 Å². The summed E-state index contributed by atoms with van der Waals surface area (Å²) in [7, 11) is 0. The fourth-order valence-electron chi connectivity index (χ4n) is 2.45. The minimum atomic E-state index is -4.47. The fourth-order valence-corrected chi connectivity index (χ4v) is 2.45. The van der Waals surface area contributed by atoms with Gasteiger partial charge in [-0.2, -0.15) is 18.3 Å². The standard InChI is InChI=1S/C16H16F3N3O2/c1-10(2)13-6-7-22(20-13)15-14(23)21(9-24-15)12-5-3-4-11(8-12)16(17,18)19/h3-8,10,15H,9H2,1-2H3. The second-order valence-corrected chi connectivity index (χ2v) is 5.84. The van der Waals surface area contributed by atoms with E-state index in [2.05, 4.69) is 5.10 Å². The molecule has 24 heavy (non-hydrogen) atoms. The number of carbonyl (C=O) groups excluding carboxylic acids is 1. The van der Waals surface area contributed by atoms with Crippen LogP contribution in [0.4, 0.5) is 18.9 Å². The highest BCUT2D eigenvalue weighted by Crippen LogP contribution is 2.33. The maximum Gasteiger partial charge on any atom is 0.416 e. The van der Waals surface area contributed by atoms with Crippen LogP contribution in [-0.4, -0.2) is 22.4 Å². The minimum absolute atomic E-state index is 0.123. The molecular weight excluding hydrogens is 323 g/mol. The fraction of sp³-hybridized carbons (Fsp3) is 0.375. The van der Waals surface area contributed by atoms with Crippen LogP contribution in [0.2, 0.25) is 0 Å². The maximum absolute atomic E-state index is 12.8. The molecule has 1 aliphatic heterocycles. The van der Waals surface area contributed by atoms with E-state index in [9.17, 15) is 18.0 Å². The summed E-state index contributed by atoms with van der Waals surface area (Å²) in [4.78, 5) is 13.7. The van der Waals surface area contributed by atoms with E-state index in [1.54, 1.807) is 12.3 Å². The molecule has 3 rings (SSSR count). The number of rotatable bonds is 3. The van der Waals surface area contributed by atoms with Gasteiger partial charge in [-0.05, 0) is 30.2 Å². The minimum Gasteiger partial charge on any atom is -0.327 e. The Balaban J connectivity index is 1.83. The Hall–Kier alpha value is -2.35. The Bertz CT molecular complexity index is 755. The number of amides is 1. The topological polar surface area (TPSA) is 47.4 Å². The molecule has 2 aromatic rings. The number of carbonyl (C=O) groups is 1. The lowest BCUT2D eigenvalue weighted by atomic mass is 10.1. The number of nitrogens with zero attached hydrogens (tertiary/aromatic N) is 3. The predicted molar refractivity (Wildman–Crippen MR) is 80.2 cm³/mol. The predicted octanol–water partition coefficient (Wildman–Crippen LogP) is 3.54. The third-order valence-corrected chi connectivity index (χ3v) is 3.78. The quantitative estimate of drug-likeness (QED) is 0.859. The van der Waals surface area contributed by atoms with Crippen LogP contribution in [0.1, 0.15) is 37.3 Å². The third kappa shape index (κ3) is 3.01. The first-order valence-corrected chi connectivity index (χ1v) is 7.42. The molecule has 5 nitrogen and oxygen atoms in total. The van der Waals surface area contributed by atoms with Crippen molar-refractivity contribution < 1.29 is 22.7 Å². The summed E-state index contributed by atoms with van der Waals surface area (Å²) in [5, 5.41) is 4.29. The van der Waals surface area contributed by atoms with Gasteiger partial charge < -0.3 is 4.74 Å². The van der Waals surface area contributed by atoms with Crippen molar-refractivity contribution in [2.75, 3.05) is 11.6 Å². The highest BCUT2D eigenvalue weighted by atomic mass is 19.4. The lowest BCUT2D eigenvalue weighted by Crippen LogP contribution is -2.28. The first-order valence-electron chi connectivity index (χ1n) is 7.42. The SMILES string of the molecule is CC(C)c1ccn(C2OCN(c3cccc(C(F)(F)F)c3)C2=O)n1. The average molecular weight is 339 g/mol. The zero-order chi connectivity index (χ0) is 17.5. The first-order chi connectivity index (χ1) is 11.3. The van der Waals surface area contributed by atoms with Crippen LogP contribution in [0.25, 0.3) is 0 Å². The van der Waals surface area contributed by atoms with E-state index in [4.69, 9.17) is 4.74 Å². The first kappa shape index (κ1) is 16.5. The molecule has 1 aromatic carbocycles. The van der Waals surface area contributed by atoms with Gasteiger partial charge in [0, 0.05) is 11.9 Å². The van der Waals surface area contributed by atoms with Crippen LogP contribution in [-0.2, 0) is 15.7 Å². The highest BCUT2D eigenvalue weighted by Gasteiger charge is 2.37. The number of hydrogen-bond donors (Lipinski definition) is 0. The summed E-state index contributed by atoms with van der Waals surface area (Å²) in [5.41, 5.74) is 0.148. The second kappa shape index (κ2) is 5.94. The zero-order valence-electron chi connectivity index (χ0n) is 13.1. The molecule has 1 aromatic heterocycles. The molecule has 0 saturated carbocycles. The van der Waals surface area contributed by atoms with Crippen LogP contribution in [0.5, 0.6) is 0 Å². The molecule has 1 amide bonds. The van der Waals surface area contributed by atoms with E-state index in [1.807, 2.05) is 13.8 Å². The summed E-state index contributed by atoms with van der Waals surface area (Å²) < 4.78 is 45.3.